The first kappa shape index (κ1) is 12.0. The van der Waals surface area contributed by atoms with Crippen LogP contribution in [0.5, 0.6) is 0 Å². The molecule has 0 fully saturated rings. The van der Waals surface area contributed by atoms with Gasteiger partial charge in [-0.1, -0.05) is 30.3 Å². The molecule has 14 heavy (non-hydrogen) atoms. The molecule has 0 amide bonds. The topological polar surface area (TPSA) is 72.5 Å². The monoisotopic (exact) mass is 192 g/mol. The molecule has 0 unspecified atom stereocenters. The molecule has 0 spiro atoms. The van der Waals surface area contributed by atoms with Gasteiger partial charge in [-0.25, -0.2) is 0 Å². The van der Waals surface area contributed by atoms with Crippen LogP contribution in [0.3, 0.4) is 0 Å². The summed E-state index contributed by atoms with van der Waals surface area (Å²) in [5.74, 6) is 4.50. The van der Waals surface area contributed by atoms with Crippen LogP contribution in [0.15, 0.2) is 35.4 Å². The fraction of sp³-hybridized carbons (Fsp3) is 0.100. The number of hydrogen-bond acceptors (Lipinski definition) is 4. The zero-order valence-corrected chi connectivity index (χ0v) is 7.88. The Morgan fingerprint density at radius 1 is 1.36 bits per heavy atom. The second-order valence-corrected chi connectivity index (χ2v) is 2.42. The van der Waals surface area contributed by atoms with Gasteiger partial charge in [0.05, 0.1) is 6.21 Å². The average Bonchev–Trinajstić information content (AvgIpc) is 2.21. The molecule has 0 aliphatic carbocycles. The summed E-state index contributed by atoms with van der Waals surface area (Å²) in [6.45, 7) is 1.22. The van der Waals surface area contributed by atoms with Crippen molar-refractivity contribution >= 4 is 18.3 Å². The van der Waals surface area contributed by atoms with E-state index in [0.29, 0.717) is 0 Å². The van der Waals surface area contributed by atoms with Gasteiger partial charge in [-0.15, -0.1) is 0 Å². The number of rotatable bonds is 2. The summed E-state index contributed by atoms with van der Waals surface area (Å²) in [6, 6.07) is 9.72. The standard InChI is InChI=1S/C7H8N2.C3H4O2/c8-9-6-7-4-2-1-3-5-7;1-3(5)2-4/h1-6H,8H2;2H,1H3. The van der Waals surface area contributed by atoms with Crippen molar-refractivity contribution in [2.45, 2.75) is 6.92 Å². The fourth-order valence-corrected chi connectivity index (χ4v) is 0.625. The van der Waals surface area contributed by atoms with Gasteiger partial charge in [-0.05, 0) is 5.56 Å². The quantitative estimate of drug-likeness (QED) is 0.247. The molecule has 0 atom stereocenters. The zero-order valence-electron chi connectivity index (χ0n) is 7.88. The third-order valence-electron chi connectivity index (χ3n) is 1.19. The van der Waals surface area contributed by atoms with Gasteiger partial charge in [0.2, 0.25) is 0 Å². The minimum absolute atomic E-state index is 0.278. The minimum atomic E-state index is -0.426. The normalized spacial score (nSPS) is 8.93. The summed E-state index contributed by atoms with van der Waals surface area (Å²) in [5, 5.41) is 3.38. The summed E-state index contributed by atoms with van der Waals surface area (Å²) < 4.78 is 0. The van der Waals surface area contributed by atoms with Crippen molar-refractivity contribution in [1.82, 2.24) is 0 Å². The van der Waals surface area contributed by atoms with E-state index < -0.39 is 5.78 Å². The van der Waals surface area contributed by atoms with Crippen LogP contribution in [0.25, 0.3) is 0 Å². The molecular weight excluding hydrogens is 180 g/mol. The van der Waals surface area contributed by atoms with Gasteiger partial charge in [0.25, 0.3) is 0 Å². The zero-order chi connectivity index (χ0) is 10.8. The smallest absolute Gasteiger partial charge is 0.192 e. The number of Topliss-reactive ketones (excluding diaryl/α,β-unsaturated/α-hetero) is 1. The van der Waals surface area contributed by atoms with Crippen molar-refractivity contribution in [2.24, 2.45) is 10.9 Å². The number of carbonyl (C=O) groups is 2. The van der Waals surface area contributed by atoms with Gasteiger partial charge in [0.15, 0.2) is 12.1 Å². The van der Waals surface area contributed by atoms with E-state index in [9.17, 15) is 4.79 Å². The molecule has 0 bridgehead atoms. The second-order valence-electron chi connectivity index (χ2n) is 2.42. The van der Waals surface area contributed by atoms with Crippen LogP contribution < -0.4 is 5.84 Å². The van der Waals surface area contributed by atoms with Crippen molar-refractivity contribution < 1.29 is 9.59 Å². The predicted octanol–water partition coefficient (Wildman–Crippen LogP) is 0.753. The Labute approximate surface area is 82.4 Å². The maximum atomic E-state index is 9.44. The van der Waals surface area contributed by atoms with Gasteiger partial charge in [-0.2, -0.15) is 5.10 Å². The van der Waals surface area contributed by atoms with Crippen LogP contribution in [0.1, 0.15) is 12.5 Å². The molecule has 0 aromatic heterocycles. The van der Waals surface area contributed by atoms with Crippen molar-refractivity contribution in [2.75, 3.05) is 0 Å². The van der Waals surface area contributed by atoms with E-state index in [-0.39, 0.29) is 6.29 Å². The number of hydrogen-bond donors (Lipinski definition) is 1. The summed E-state index contributed by atoms with van der Waals surface area (Å²) in [4.78, 5) is 18.6. The largest absolute Gasteiger partial charge is 0.323 e. The minimum Gasteiger partial charge on any atom is -0.323 e. The van der Waals surface area contributed by atoms with Crippen LogP contribution in [0, 0.1) is 0 Å². The molecular formula is C10H12N2O2. The third-order valence-corrected chi connectivity index (χ3v) is 1.19. The van der Waals surface area contributed by atoms with Gasteiger partial charge in [0.1, 0.15) is 0 Å². The number of benzene rings is 1. The predicted molar refractivity (Wildman–Crippen MR) is 55.0 cm³/mol. The second kappa shape index (κ2) is 7.67. The number of nitrogens with two attached hydrogens (primary N) is 1. The van der Waals surface area contributed by atoms with Gasteiger partial charge in [-0.3, -0.25) is 9.59 Å². The van der Waals surface area contributed by atoms with E-state index in [1.807, 2.05) is 30.3 Å². The first-order valence-corrected chi connectivity index (χ1v) is 3.94. The van der Waals surface area contributed by atoms with E-state index in [0.717, 1.165) is 5.56 Å². The Balaban J connectivity index is 0.000000292. The highest BCUT2D eigenvalue weighted by Crippen LogP contribution is 1.92. The van der Waals surface area contributed by atoms with Crippen LogP contribution >= 0.6 is 0 Å². The van der Waals surface area contributed by atoms with Gasteiger partial charge >= 0.3 is 0 Å². The van der Waals surface area contributed by atoms with Crippen LogP contribution in [0.2, 0.25) is 0 Å². The summed E-state index contributed by atoms with van der Waals surface area (Å²) in [7, 11) is 0. The van der Waals surface area contributed by atoms with E-state index in [2.05, 4.69) is 5.10 Å². The summed E-state index contributed by atoms with van der Waals surface area (Å²) >= 11 is 0. The Hall–Kier alpha value is -1.97. The molecule has 4 nitrogen and oxygen atoms in total. The molecule has 1 aromatic rings. The first-order valence-electron chi connectivity index (χ1n) is 3.94. The Kier molecular flexibility index (Phi) is 6.59. The molecule has 0 aliphatic heterocycles. The molecule has 1 aromatic carbocycles. The van der Waals surface area contributed by atoms with E-state index in [4.69, 9.17) is 10.6 Å². The van der Waals surface area contributed by atoms with E-state index in [1.54, 1.807) is 6.21 Å². The van der Waals surface area contributed by atoms with Crippen molar-refractivity contribution in [1.29, 1.82) is 0 Å². The molecule has 0 aliphatic rings. The average molecular weight is 192 g/mol. The number of aldehydes is 1. The molecule has 2 N–H and O–H groups in total. The third kappa shape index (κ3) is 6.72. The van der Waals surface area contributed by atoms with Gasteiger partial charge < -0.3 is 5.84 Å². The maximum Gasteiger partial charge on any atom is 0.192 e. The summed E-state index contributed by atoms with van der Waals surface area (Å²) in [5.41, 5.74) is 1.03. The van der Waals surface area contributed by atoms with E-state index in [1.165, 1.54) is 6.92 Å². The highest BCUT2D eigenvalue weighted by atomic mass is 16.2. The lowest BCUT2D eigenvalue weighted by atomic mass is 10.2. The van der Waals surface area contributed by atoms with Crippen LogP contribution in [-0.2, 0) is 9.59 Å². The maximum absolute atomic E-state index is 9.44. The highest BCUT2D eigenvalue weighted by Gasteiger charge is 1.79. The Morgan fingerprint density at radius 3 is 2.21 bits per heavy atom. The van der Waals surface area contributed by atoms with Crippen LogP contribution in [-0.4, -0.2) is 18.3 Å². The molecule has 74 valence electrons. The lowest BCUT2D eigenvalue weighted by Gasteiger charge is -1.85. The Bertz CT molecular complexity index is 307. The summed E-state index contributed by atoms with van der Waals surface area (Å²) in [6.07, 6.45) is 1.89. The number of carbonyl (C=O) groups excluding carboxylic acids is 2. The fourth-order valence-electron chi connectivity index (χ4n) is 0.625. The molecule has 0 heterocycles. The lowest BCUT2D eigenvalue weighted by molar-refractivity contribution is -0.128. The molecule has 4 heteroatoms. The number of hydrazone groups is 1. The highest BCUT2D eigenvalue weighted by molar-refractivity contribution is 6.23. The molecule has 1 rings (SSSR count). The number of nitrogens with zero attached hydrogens (tertiary/aromatic N) is 1. The Morgan fingerprint density at radius 2 is 1.86 bits per heavy atom. The first-order chi connectivity index (χ1) is 6.70. The van der Waals surface area contributed by atoms with Crippen LogP contribution in [0.4, 0.5) is 0 Å². The number of ketones is 1. The molecule has 0 radical (unpaired) electrons. The van der Waals surface area contributed by atoms with Crippen molar-refractivity contribution in [3.8, 4) is 0 Å². The lowest BCUT2D eigenvalue weighted by Crippen LogP contribution is -1.85. The van der Waals surface area contributed by atoms with Gasteiger partial charge in [0, 0.05) is 6.92 Å². The van der Waals surface area contributed by atoms with E-state index >= 15 is 0 Å². The molecule has 0 saturated heterocycles. The van der Waals surface area contributed by atoms with Crippen molar-refractivity contribution in [3.05, 3.63) is 35.9 Å². The molecule has 0 saturated carbocycles. The van der Waals surface area contributed by atoms with Crippen molar-refractivity contribution in [3.63, 3.8) is 0 Å². The SMILES string of the molecule is CC(=O)C=O.NN=Cc1ccccc1.